The lowest BCUT2D eigenvalue weighted by atomic mass is 10.1. The number of nitrogen functional groups attached to an aromatic ring is 1. The fourth-order valence-electron chi connectivity index (χ4n) is 3.18. The zero-order valence-corrected chi connectivity index (χ0v) is 11.9. The predicted molar refractivity (Wildman–Crippen MR) is 78.1 cm³/mol. The topological polar surface area (TPSA) is 78.7 Å². The molecule has 2 aliphatic heterocycles. The molecule has 0 spiro atoms. The van der Waals surface area contributed by atoms with Gasteiger partial charge in [-0.05, 0) is 24.1 Å². The van der Waals surface area contributed by atoms with Crippen molar-refractivity contribution < 1.29 is 9.59 Å². The fourth-order valence-corrected chi connectivity index (χ4v) is 3.18. The number of nitrogens with one attached hydrogen (secondary N) is 1. The van der Waals surface area contributed by atoms with Crippen LogP contribution in [-0.2, 0) is 11.3 Å². The van der Waals surface area contributed by atoms with E-state index in [1.54, 1.807) is 12.1 Å². The van der Waals surface area contributed by atoms with Gasteiger partial charge in [-0.15, -0.1) is 0 Å². The van der Waals surface area contributed by atoms with E-state index in [0.717, 1.165) is 32.6 Å². The number of hydrazine groups is 1. The monoisotopic (exact) mass is 288 g/mol. The number of carbonyl (C=O) groups is 2. The molecule has 21 heavy (non-hydrogen) atoms. The maximum Gasteiger partial charge on any atom is 0.265 e. The smallest absolute Gasteiger partial charge is 0.265 e. The van der Waals surface area contributed by atoms with Gasteiger partial charge in [0.05, 0.1) is 0 Å². The summed E-state index contributed by atoms with van der Waals surface area (Å²) in [7, 11) is 0. The second kappa shape index (κ2) is 5.83. The molecule has 1 aromatic carbocycles. The highest BCUT2D eigenvalue weighted by atomic mass is 16.2. The van der Waals surface area contributed by atoms with Crippen LogP contribution in [0.1, 0.15) is 28.8 Å². The molecule has 6 nitrogen and oxygen atoms in total. The number of nitrogens with zero attached hydrogens (tertiary/aromatic N) is 2. The number of carbonyl (C=O) groups excluding carboxylic acids is 2. The zero-order chi connectivity index (χ0) is 14.8. The SMILES string of the molecule is NNC(=O)c1ccc(CN2CCN3C(=O)CCC3C2)cc1. The summed E-state index contributed by atoms with van der Waals surface area (Å²) < 4.78 is 0. The van der Waals surface area contributed by atoms with E-state index in [4.69, 9.17) is 5.84 Å². The van der Waals surface area contributed by atoms with Crippen LogP contribution in [0.15, 0.2) is 24.3 Å². The molecule has 3 rings (SSSR count). The first-order chi connectivity index (χ1) is 10.2. The molecule has 2 amide bonds. The standard InChI is InChI=1S/C15H20N4O2/c16-17-15(21)12-3-1-11(2-4-12)9-18-7-8-19-13(10-18)5-6-14(19)20/h1-4,13H,5-10,16H2,(H,17,21). The van der Waals surface area contributed by atoms with Gasteiger partial charge < -0.3 is 4.90 Å². The molecule has 0 saturated carbocycles. The average Bonchev–Trinajstić information content (AvgIpc) is 2.88. The Morgan fingerprint density at radius 2 is 2.05 bits per heavy atom. The molecule has 0 aliphatic carbocycles. The molecule has 1 aromatic rings. The molecule has 2 heterocycles. The largest absolute Gasteiger partial charge is 0.337 e. The first-order valence-electron chi connectivity index (χ1n) is 7.29. The molecule has 2 aliphatic rings. The van der Waals surface area contributed by atoms with E-state index in [2.05, 4.69) is 10.3 Å². The van der Waals surface area contributed by atoms with Gasteiger partial charge in [0.1, 0.15) is 0 Å². The van der Waals surface area contributed by atoms with Crippen LogP contribution >= 0.6 is 0 Å². The van der Waals surface area contributed by atoms with Gasteiger partial charge in [-0.2, -0.15) is 0 Å². The number of nitrogens with two attached hydrogens (primary N) is 1. The van der Waals surface area contributed by atoms with Gasteiger partial charge in [0.25, 0.3) is 5.91 Å². The van der Waals surface area contributed by atoms with Crippen molar-refractivity contribution in [1.29, 1.82) is 0 Å². The number of fused-ring (bicyclic) bond motifs is 1. The first kappa shape index (κ1) is 14.0. The zero-order valence-electron chi connectivity index (χ0n) is 11.9. The normalized spacial score (nSPS) is 22.2. The molecule has 1 unspecified atom stereocenters. The number of hydrogen-bond acceptors (Lipinski definition) is 4. The number of hydrogen-bond donors (Lipinski definition) is 2. The molecule has 2 fully saturated rings. The third-order valence-corrected chi connectivity index (χ3v) is 4.33. The maximum atomic E-state index is 11.7. The van der Waals surface area contributed by atoms with Gasteiger partial charge in [-0.1, -0.05) is 12.1 Å². The third kappa shape index (κ3) is 2.91. The van der Waals surface area contributed by atoms with Gasteiger partial charge in [0, 0.05) is 44.2 Å². The van der Waals surface area contributed by atoms with Crippen LogP contribution in [0, 0.1) is 0 Å². The van der Waals surface area contributed by atoms with Crippen molar-refractivity contribution in [3.05, 3.63) is 35.4 Å². The fraction of sp³-hybridized carbons (Fsp3) is 0.467. The highest BCUT2D eigenvalue weighted by Crippen LogP contribution is 2.23. The summed E-state index contributed by atoms with van der Waals surface area (Å²) in [4.78, 5) is 27.4. The minimum absolute atomic E-state index is 0.278. The van der Waals surface area contributed by atoms with Gasteiger partial charge in [-0.3, -0.25) is 19.9 Å². The second-order valence-corrected chi connectivity index (χ2v) is 5.69. The summed E-state index contributed by atoms with van der Waals surface area (Å²) in [5, 5.41) is 0. The number of benzene rings is 1. The second-order valence-electron chi connectivity index (χ2n) is 5.69. The van der Waals surface area contributed by atoms with Crippen molar-refractivity contribution in [3.8, 4) is 0 Å². The van der Waals surface area contributed by atoms with E-state index < -0.39 is 0 Å². The van der Waals surface area contributed by atoms with E-state index in [9.17, 15) is 9.59 Å². The first-order valence-corrected chi connectivity index (χ1v) is 7.29. The van der Waals surface area contributed by atoms with E-state index in [-0.39, 0.29) is 5.91 Å². The minimum atomic E-state index is -0.278. The predicted octanol–water partition coefficient (Wildman–Crippen LogP) is 0.0967. The Hall–Kier alpha value is -1.92. The average molecular weight is 288 g/mol. The summed E-state index contributed by atoms with van der Waals surface area (Å²) in [6, 6.07) is 7.86. The summed E-state index contributed by atoms with van der Waals surface area (Å²) in [5.74, 6) is 5.14. The van der Waals surface area contributed by atoms with E-state index in [0.29, 0.717) is 23.9 Å². The highest BCUT2D eigenvalue weighted by molar-refractivity contribution is 5.93. The lowest BCUT2D eigenvalue weighted by molar-refractivity contribution is -0.130. The van der Waals surface area contributed by atoms with Crippen LogP contribution in [0.25, 0.3) is 0 Å². The molecule has 3 N–H and O–H groups in total. The Bertz CT molecular complexity index is 543. The van der Waals surface area contributed by atoms with Crippen molar-refractivity contribution in [2.75, 3.05) is 19.6 Å². The summed E-state index contributed by atoms with van der Waals surface area (Å²) in [6.07, 6.45) is 1.67. The number of rotatable bonds is 3. The molecule has 1 atom stereocenters. The molecule has 2 saturated heterocycles. The van der Waals surface area contributed by atoms with Crippen LogP contribution in [0.4, 0.5) is 0 Å². The van der Waals surface area contributed by atoms with Gasteiger partial charge in [0.15, 0.2) is 0 Å². The summed E-state index contributed by atoms with van der Waals surface area (Å²) in [5.41, 5.74) is 3.86. The van der Waals surface area contributed by atoms with Crippen LogP contribution in [0.2, 0.25) is 0 Å². The van der Waals surface area contributed by atoms with Crippen molar-refractivity contribution in [3.63, 3.8) is 0 Å². The Kier molecular flexibility index (Phi) is 3.90. The number of amides is 2. The minimum Gasteiger partial charge on any atom is -0.337 e. The highest BCUT2D eigenvalue weighted by Gasteiger charge is 2.35. The van der Waals surface area contributed by atoms with Crippen LogP contribution in [0.3, 0.4) is 0 Å². The third-order valence-electron chi connectivity index (χ3n) is 4.33. The quantitative estimate of drug-likeness (QED) is 0.470. The lowest BCUT2D eigenvalue weighted by Crippen LogP contribution is -2.50. The Morgan fingerprint density at radius 1 is 1.29 bits per heavy atom. The molecule has 0 radical (unpaired) electrons. The Balaban J connectivity index is 1.60. The van der Waals surface area contributed by atoms with E-state index in [1.165, 1.54) is 5.56 Å². The Labute approximate surface area is 123 Å². The van der Waals surface area contributed by atoms with Crippen LogP contribution in [0.5, 0.6) is 0 Å². The molecule has 0 bridgehead atoms. The molecular weight excluding hydrogens is 268 g/mol. The van der Waals surface area contributed by atoms with Crippen LogP contribution < -0.4 is 11.3 Å². The van der Waals surface area contributed by atoms with Gasteiger partial charge >= 0.3 is 0 Å². The summed E-state index contributed by atoms with van der Waals surface area (Å²) in [6.45, 7) is 3.53. The van der Waals surface area contributed by atoms with Gasteiger partial charge in [-0.25, -0.2) is 5.84 Å². The van der Waals surface area contributed by atoms with Crippen molar-refractivity contribution in [2.24, 2.45) is 5.84 Å². The molecule has 0 aromatic heterocycles. The van der Waals surface area contributed by atoms with Crippen molar-refractivity contribution in [2.45, 2.75) is 25.4 Å². The molecule has 112 valence electrons. The summed E-state index contributed by atoms with van der Waals surface area (Å²) >= 11 is 0. The lowest BCUT2D eigenvalue weighted by Gasteiger charge is -2.37. The Morgan fingerprint density at radius 3 is 2.76 bits per heavy atom. The van der Waals surface area contributed by atoms with Gasteiger partial charge in [0.2, 0.25) is 5.91 Å². The molecular formula is C15H20N4O2. The number of piperazine rings is 1. The molecule has 6 heteroatoms. The van der Waals surface area contributed by atoms with E-state index >= 15 is 0 Å². The maximum absolute atomic E-state index is 11.7. The van der Waals surface area contributed by atoms with Crippen molar-refractivity contribution >= 4 is 11.8 Å². The van der Waals surface area contributed by atoms with Crippen LogP contribution in [-0.4, -0.2) is 47.3 Å². The van der Waals surface area contributed by atoms with E-state index in [1.807, 2.05) is 17.0 Å². The van der Waals surface area contributed by atoms with Crippen molar-refractivity contribution in [1.82, 2.24) is 15.2 Å².